The molecule has 0 aromatic rings. The average molecular weight is 188 g/mol. The van der Waals surface area contributed by atoms with Crippen LogP contribution >= 0.6 is 0 Å². The van der Waals surface area contributed by atoms with Crippen LogP contribution in [0.4, 0.5) is 0 Å². The highest BCUT2D eigenvalue weighted by atomic mass is 16.7. The number of carboxylic acids is 1. The quantitative estimate of drug-likeness (QED) is 0.268. The van der Waals surface area contributed by atoms with E-state index in [0.717, 1.165) is 0 Å². The number of carbonyl (C=O) groups excluding carboxylic acids is 1. The Kier molecular flexibility index (Phi) is 6.48. The van der Waals surface area contributed by atoms with E-state index in [1.165, 1.54) is 0 Å². The van der Waals surface area contributed by atoms with E-state index in [1.54, 1.807) is 6.08 Å². The van der Waals surface area contributed by atoms with Crippen LogP contribution in [-0.4, -0.2) is 36.7 Å². The predicted molar refractivity (Wildman–Crippen MR) is 44.8 cm³/mol. The van der Waals surface area contributed by atoms with Crippen LogP contribution in [0.15, 0.2) is 12.7 Å². The molecule has 0 aliphatic carbocycles. The molecular formula is C7H12N2O4. The fourth-order valence-corrected chi connectivity index (χ4v) is 0.502. The summed E-state index contributed by atoms with van der Waals surface area (Å²) in [6.07, 6.45) is 1.60. The lowest BCUT2D eigenvalue weighted by Crippen LogP contribution is -2.35. The summed E-state index contributed by atoms with van der Waals surface area (Å²) in [6, 6.07) is 0. The van der Waals surface area contributed by atoms with Gasteiger partial charge in [0.15, 0.2) is 6.61 Å². The zero-order valence-electron chi connectivity index (χ0n) is 7.08. The Balaban J connectivity index is 3.30. The van der Waals surface area contributed by atoms with Crippen LogP contribution in [0.1, 0.15) is 0 Å². The Labute approximate surface area is 75.5 Å². The van der Waals surface area contributed by atoms with Crippen molar-refractivity contribution in [2.24, 2.45) is 0 Å². The van der Waals surface area contributed by atoms with Gasteiger partial charge in [0.1, 0.15) is 0 Å². The van der Waals surface area contributed by atoms with Gasteiger partial charge in [-0.05, 0) is 0 Å². The van der Waals surface area contributed by atoms with Crippen molar-refractivity contribution >= 4 is 11.9 Å². The Hall–Kier alpha value is -1.40. The summed E-state index contributed by atoms with van der Waals surface area (Å²) in [4.78, 5) is 25.0. The summed E-state index contributed by atoms with van der Waals surface area (Å²) in [6.45, 7) is 3.46. The van der Waals surface area contributed by atoms with Crippen molar-refractivity contribution in [3.63, 3.8) is 0 Å². The van der Waals surface area contributed by atoms with Gasteiger partial charge in [0.05, 0.1) is 6.54 Å². The maximum atomic E-state index is 10.8. The molecule has 0 aromatic carbocycles. The monoisotopic (exact) mass is 188 g/mol. The first-order chi connectivity index (χ1) is 6.16. The molecule has 0 saturated carbocycles. The largest absolute Gasteiger partial charge is 0.479 e. The average Bonchev–Trinajstić information content (AvgIpc) is 2.04. The van der Waals surface area contributed by atoms with Crippen LogP contribution in [-0.2, 0) is 14.4 Å². The highest BCUT2D eigenvalue weighted by Gasteiger charge is 2.01. The van der Waals surface area contributed by atoms with E-state index < -0.39 is 18.5 Å². The third kappa shape index (κ3) is 8.51. The van der Waals surface area contributed by atoms with Gasteiger partial charge < -0.3 is 10.4 Å². The SMILES string of the molecule is C=CCNCC(=O)NOCC(=O)O. The molecule has 0 fully saturated rings. The van der Waals surface area contributed by atoms with Crippen molar-refractivity contribution in [1.29, 1.82) is 0 Å². The fraction of sp³-hybridized carbons (Fsp3) is 0.429. The molecule has 1 amide bonds. The molecule has 0 bridgehead atoms. The maximum Gasteiger partial charge on any atom is 0.332 e. The maximum absolute atomic E-state index is 10.8. The minimum absolute atomic E-state index is 0.0611. The van der Waals surface area contributed by atoms with Crippen molar-refractivity contribution in [2.75, 3.05) is 19.7 Å². The number of amides is 1. The van der Waals surface area contributed by atoms with Gasteiger partial charge in [-0.2, -0.15) is 0 Å². The summed E-state index contributed by atoms with van der Waals surface area (Å²) in [7, 11) is 0. The summed E-state index contributed by atoms with van der Waals surface area (Å²) in [5, 5.41) is 10.9. The van der Waals surface area contributed by atoms with Gasteiger partial charge in [-0.15, -0.1) is 6.58 Å². The number of aliphatic carboxylic acids is 1. The van der Waals surface area contributed by atoms with Crippen molar-refractivity contribution < 1.29 is 19.5 Å². The van der Waals surface area contributed by atoms with Crippen LogP contribution in [0.3, 0.4) is 0 Å². The lowest BCUT2D eigenvalue weighted by atomic mass is 10.5. The number of carboxylic acid groups (broad SMARTS) is 1. The molecule has 0 heterocycles. The van der Waals surface area contributed by atoms with E-state index in [-0.39, 0.29) is 6.54 Å². The van der Waals surface area contributed by atoms with Gasteiger partial charge in [0.2, 0.25) is 0 Å². The Morgan fingerprint density at radius 3 is 2.77 bits per heavy atom. The smallest absolute Gasteiger partial charge is 0.332 e. The minimum Gasteiger partial charge on any atom is -0.479 e. The van der Waals surface area contributed by atoms with Crippen LogP contribution in [0.2, 0.25) is 0 Å². The molecule has 0 rings (SSSR count). The zero-order valence-corrected chi connectivity index (χ0v) is 7.08. The van der Waals surface area contributed by atoms with E-state index in [9.17, 15) is 9.59 Å². The molecule has 0 atom stereocenters. The topological polar surface area (TPSA) is 87.7 Å². The molecular weight excluding hydrogens is 176 g/mol. The second-order valence-corrected chi connectivity index (χ2v) is 2.13. The van der Waals surface area contributed by atoms with E-state index in [2.05, 4.69) is 16.7 Å². The van der Waals surface area contributed by atoms with Crippen molar-refractivity contribution in [3.8, 4) is 0 Å². The van der Waals surface area contributed by atoms with E-state index >= 15 is 0 Å². The first-order valence-electron chi connectivity index (χ1n) is 3.61. The number of hydrogen-bond donors (Lipinski definition) is 3. The lowest BCUT2D eigenvalue weighted by molar-refractivity contribution is -0.148. The van der Waals surface area contributed by atoms with Crippen LogP contribution in [0.5, 0.6) is 0 Å². The molecule has 0 aliphatic rings. The summed E-state index contributed by atoms with van der Waals surface area (Å²) < 4.78 is 0. The summed E-state index contributed by atoms with van der Waals surface area (Å²) in [5.41, 5.74) is 1.96. The molecule has 0 radical (unpaired) electrons. The normalized spacial score (nSPS) is 9.23. The van der Waals surface area contributed by atoms with Crippen LogP contribution < -0.4 is 10.8 Å². The van der Waals surface area contributed by atoms with E-state index in [1.807, 2.05) is 5.48 Å². The standard InChI is InChI=1S/C7H12N2O4/c1-2-3-8-4-6(10)9-13-5-7(11)12/h2,8H,1,3-5H2,(H,9,10)(H,11,12). The van der Waals surface area contributed by atoms with Gasteiger partial charge in [-0.3, -0.25) is 9.63 Å². The molecule has 13 heavy (non-hydrogen) atoms. The number of carbonyl (C=O) groups is 2. The zero-order chi connectivity index (χ0) is 10.1. The van der Waals surface area contributed by atoms with Gasteiger partial charge >= 0.3 is 5.97 Å². The fourth-order valence-electron chi connectivity index (χ4n) is 0.502. The second kappa shape index (κ2) is 7.26. The molecule has 74 valence electrons. The predicted octanol–water partition coefficient (Wildman–Crippen LogP) is -1.11. The van der Waals surface area contributed by atoms with Crippen molar-refractivity contribution in [2.45, 2.75) is 0 Å². The van der Waals surface area contributed by atoms with E-state index in [0.29, 0.717) is 6.54 Å². The van der Waals surface area contributed by atoms with Crippen molar-refractivity contribution in [3.05, 3.63) is 12.7 Å². The Morgan fingerprint density at radius 1 is 1.54 bits per heavy atom. The number of hydrogen-bond acceptors (Lipinski definition) is 4. The summed E-state index contributed by atoms with van der Waals surface area (Å²) >= 11 is 0. The van der Waals surface area contributed by atoms with E-state index in [4.69, 9.17) is 5.11 Å². The highest BCUT2D eigenvalue weighted by Crippen LogP contribution is 1.70. The third-order valence-corrected chi connectivity index (χ3v) is 0.956. The molecule has 0 aliphatic heterocycles. The molecule has 3 N–H and O–H groups in total. The lowest BCUT2D eigenvalue weighted by Gasteiger charge is -2.03. The van der Waals surface area contributed by atoms with Gasteiger partial charge in [-0.25, -0.2) is 10.3 Å². The number of rotatable bonds is 7. The van der Waals surface area contributed by atoms with Crippen molar-refractivity contribution in [1.82, 2.24) is 10.8 Å². The number of hydroxylamine groups is 1. The van der Waals surface area contributed by atoms with Crippen LogP contribution in [0, 0.1) is 0 Å². The molecule has 0 spiro atoms. The second-order valence-electron chi connectivity index (χ2n) is 2.13. The third-order valence-electron chi connectivity index (χ3n) is 0.956. The summed E-state index contributed by atoms with van der Waals surface area (Å²) in [5.74, 6) is -1.57. The van der Waals surface area contributed by atoms with Gasteiger partial charge in [-0.1, -0.05) is 6.08 Å². The first kappa shape index (κ1) is 11.6. The number of nitrogens with one attached hydrogen (secondary N) is 2. The molecule has 0 aromatic heterocycles. The molecule has 6 heteroatoms. The first-order valence-corrected chi connectivity index (χ1v) is 3.61. The van der Waals surface area contributed by atoms with Gasteiger partial charge in [0, 0.05) is 6.54 Å². The highest BCUT2D eigenvalue weighted by molar-refractivity contribution is 5.77. The minimum atomic E-state index is -1.14. The Morgan fingerprint density at radius 2 is 2.23 bits per heavy atom. The Bertz CT molecular complexity index is 193. The molecule has 0 unspecified atom stereocenters. The molecule has 6 nitrogen and oxygen atoms in total. The molecule has 0 saturated heterocycles. The van der Waals surface area contributed by atoms with Crippen LogP contribution in [0.25, 0.3) is 0 Å². The van der Waals surface area contributed by atoms with Gasteiger partial charge in [0.25, 0.3) is 5.91 Å².